The molecule has 1 atom stereocenters. The van der Waals surface area contributed by atoms with Crippen LogP contribution in [0.1, 0.15) is 45.4 Å². The molecule has 1 rings (SSSR count). The van der Waals surface area contributed by atoms with E-state index in [4.69, 9.17) is 0 Å². The molecule has 0 aromatic rings. The maximum absolute atomic E-state index is 10.7. The van der Waals surface area contributed by atoms with Crippen LogP contribution in [0.25, 0.3) is 0 Å². The largest absolute Gasteiger partial charge is 0.550 e. The molecular formula is C10H17O2-. The van der Waals surface area contributed by atoms with Crippen LogP contribution in [0.5, 0.6) is 0 Å². The van der Waals surface area contributed by atoms with Crippen LogP contribution < -0.4 is 5.11 Å². The molecule has 0 aromatic carbocycles. The third-order valence-corrected chi connectivity index (χ3v) is 2.96. The summed E-state index contributed by atoms with van der Waals surface area (Å²) in [5, 5.41) is 10.7. The standard InChI is InChI=1S/C10H18O2/c1-2-9(10(11)12)8-6-4-3-5-7-8/h8-9H,2-7H2,1H3,(H,11,12)/p-1. The number of carbonyl (C=O) groups is 1. The lowest BCUT2D eigenvalue weighted by atomic mass is 9.79. The summed E-state index contributed by atoms with van der Waals surface area (Å²) in [6.07, 6.45) is 6.59. The van der Waals surface area contributed by atoms with Crippen molar-refractivity contribution in [2.75, 3.05) is 0 Å². The van der Waals surface area contributed by atoms with Crippen LogP contribution in [-0.4, -0.2) is 5.97 Å². The van der Waals surface area contributed by atoms with E-state index in [9.17, 15) is 9.90 Å². The smallest absolute Gasteiger partial charge is 0.0447 e. The van der Waals surface area contributed by atoms with Gasteiger partial charge in [0.2, 0.25) is 0 Å². The Hall–Kier alpha value is -0.530. The molecule has 1 fully saturated rings. The Morgan fingerprint density at radius 1 is 1.42 bits per heavy atom. The maximum atomic E-state index is 10.7. The van der Waals surface area contributed by atoms with E-state index in [0.717, 1.165) is 19.3 Å². The van der Waals surface area contributed by atoms with Crippen LogP contribution in [0.2, 0.25) is 0 Å². The van der Waals surface area contributed by atoms with Gasteiger partial charge in [-0.3, -0.25) is 0 Å². The summed E-state index contributed by atoms with van der Waals surface area (Å²) >= 11 is 0. The Kier molecular flexibility index (Phi) is 3.57. The second-order valence-corrected chi connectivity index (χ2v) is 3.73. The molecule has 0 bridgehead atoms. The molecule has 1 aliphatic rings. The first-order chi connectivity index (χ1) is 5.75. The van der Waals surface area contributed by atoms with Gasteiger partial charge in [0.05, 0.1) is 0 Å². The Bertz CT molecular complexity index is 148. The number of carbonyl (C=O) groups excluding carboxylic acids is 1. The minimum Gasteiger partial charge on any atom is -0.550 e. The van der Waals surface area contributed by atoms with E-state index in [2.05, 4.69) is 0 Å². The topological polar surface area (TPSA) is 40.1 Å². The van der Waals surface area contributed by atoms with Crippen molar-refractivity contribution in [2.24, 2.45) is 11.8 Å². The summed E-state index contributed by atoms with van der Waals surface area (Å²) in [6, 6.07) is 0. The number of hydrogen-bond acceptors (Lipinski definition) is 2. The van der Waals surface area contributed by atoms with E-state index in [0.29, 0.717) is 5.92 Å². The Morgan fingerprint density at radius 3 is 2.42 bits per heavy atom. The van der Waals surface area contributed by atoms with Crippen molar-refractivity contribution in [3.8, 4) is 0 Å². The van der Waals surface area contributed by atoms with Gasteiger partial charge >= 0.3 is 0 Å². The lowest BCUT2D eigenvalue weighted by Gasteiger charge is -2.30. The first-order valence-corrected chi connectivity index (χ1v) is 4.96. The molecule has 2 nitrogen and oxygen atoms in total. The summed E-state index contributed by atoms with van der Waals surface area (Å²) in [4.78, 5) is 10.7. The van der Waals surface area contributed by atoms with Crippen LogP contribution in [-0.2, 0) is 4.79 Å². The fraction of sp³-hybridized carbons (Fsp3) is 0.900. The molecule has 0 heterocycles. The second-order valence-electron chi connectivity index (χ2n) is 3.73. The predicted molar refractivity (Wildman–Crippen MR) is 45.4 cm³/mol. The number of rotatable bonds is 3. The molecule has 0 aliphatic heterocycles. The molecule has 2 heteroatoms. The molecular weight excluding hydrogens is 152 g/mol. The highest BCUT2D eigenvalue weighted by Gasteiger charge is 2.22. The van der Waals surface area contributed by atoms with Gasteiger partial charge in [-0.2, -0.15) is 0 Å². The van der Waals surface area contributed by atoms with Crippen LogP contribution in [0.15, 0.2) is 0 Å². The van der Waals surface area contributed by atoms with Crippen LogP contribution >= 0.6 is 0 Å². The molecule has 12 heavy (non-hydrogen) atoms. The van der Waals surface area contributed by atoms with Crippen molar-refractivity contribution in [2.45, 2.75) is 45.4 Å². The van der Waals surface area contributed by atoms with Gasteiger partial charge in [0.1, 0.15) is 0 Å². The summed E-state index contributed by atoms with van der Waals surface area (Å²) < 4.78 is 0. The average Bonchev–Trinajstić information content (AvgIpc) is 2.07. The van der Waals surface area contributed by atoms with Crippen molar-refractivity contribution in [1.82, 2.24) is 0 Å². The van der Waals surface area contributed by atoms with Gasteiger partial charge < -0.3 is 9.90 Å². The molecule has 0 spiro atoms. The van der Waals surface area contributed by atoms with E-state index in [1.807, 2.05) is 6.92 Å². The van der Waals surface area contributed by atoms with Gasteiger partial charge in [-0.1, -0.05) is 26.2 Å². The van der Waals surface area contributed by atoms with Crippen LogP contribution in [0.4, 0.5) is 0 Å². The third kappa shape index (κ3) is 2.23. The third-order valence-electron chi connectivity index (χ3n) is 2.96. The molecule has 1 aliphatic carbocycles. The lowest BCUT2D eigenvalue weighted by molar-refractivity contribution is -0.313. The van der Waals surface area contributed by atoms with E-state index < -0.39 is 5.97 Å². The molecule has 1 saturated carbocycles. The SMILES string of the molecule is CCC(C(=O)[O-])C1CCCCC1. The molecule has 0 radical (unpaired) electrons. The number of carboxylic acids is 1. The summed E-state index contributed by atoms with van der Waals surface area (Å²) in [7, 11) is 0. The average molecular weight is 169 g/mol. The highest BCUT2D eigenvalue weighted by molar-refractivity contribution is 5.67. The van der Waals surface area contributed by atoms with Gasteiger partial charge in [0.25, 0.3) is 0 Å². The Morgan fingerprint density at radius 2 is 2.00 bits per heavy atom. The Labute approximate surface area is 74.0 Å². The van der Waals surface area contributed by atoms with Crippen molar-refractivity contribution in [1.29, 1.82) is 0 Å². The van der Waals surface area contributed by atoms with E-state index in [1.54, 1.807) is 0 Å². The van der Waals surface area contributed by atoms with E-state index in [1.165, 1.54) is 19.3 Å². The first kappa shape index (κ1) is 9.56. The van der Waals surface area contributed by atoms with Crippen molar-refractivity contribution >= 4 is 5.97 Å². The maximum Gasteiger partial charge on any atom is 0.0447 e. The zero-order valence-corrected chi connectivity index (χ0v) is 7.71. The zero-order valence-electron chi connectivity index (χ0n) is 7.71. The fourth-order valence-corrected chi connectivity index (χ4v) is 2.23. The van der Waals surface area contributed by atoms with Crippen LogP contribution in [0.3, 0.4) is 0 Å². The van der Waals surface area contributed by atoms with Crippen molar-refractivity contribution in [3.05, 3.63) is 0 Å². The summed E-state index contributed by atoms with van der Waals surface area (Å²) in [5.41, 5.74) is 0. The molecule has 0 saturated heterocycles. The minimum absolute atomic E-state index is 0.190. The Balaban J connectivity index is 2.46. The van der Waals surface area contributed by atoms with Gasteiger partial charge in [-0.15, -0.1) is 0 Å². The monoisotopic (exact) mass is 169 g/mol. The summed E-state index contributed by atoms with van der Waals surface area (Å²) in [6.45, 7) is 1.94. The van der Waals surface area contributed by atoms with Crippen LogP contribution in [0, 0.1) is 11.8 Å². The van der Waals surface area contributed by atoms with Gasteiger partial charge in [0.15, 0.2) is 0 Å². The number of aliphatic carboxylic acids is 1. The molecule has 0 N–H and O–H groups in total. The highest BCUT2D eigenvalue weighted by atomic mass is 16.4. The fourth-order valence-electron chi connectivity index (χ4n) is 2.23. The normalized spacial score (nSPS) is 22.1. The van der Waals surface area contributed by atoms with Gasteiger partial charge in [-0.25, -0.2) is 0 Å². The quantitative estimate of drug-likeness (QED) is 0.639. The van der Waals surface area contributed by atoms with Gasteiger partial charge in [0, 0.05) is 11.9 Å². The molecule has 70 valence electrons. The number of hydrogen-bond donors (Lipinski definition) is 0. The van der Waals surface area contributed by atoms with Crippen molar-refractivity contribution < 1.29 is 9.90 Å². The van der Waals surface area contributed by atoms with E-state index >= 15 is 0 Å². The first-order valence-electron chi connectivity index (χ1n) is 4.96. The predicted octanol–water partition coefficient (Wildman–Crippen LogP) is 1.34. The second kappa shape index (κ2) is 4.48. The molecule has 1 unspecified atom stereocenters. The lowest BCUT2D eigenvalue weighted by Crippen LogP contribution is -2.36. The highest BCUT2D eigenvalue weighted by Crippen LogP contribution is 2.31. The van der Waals surface area contributed by atoms with Gasteiger partial charge in [-0.05, 0) is 25.2 Å². The number of carboxylic acid groups (broad SMARTS) is 1. The molecule has 0 aromatic heterocycles. The zero-order chi connectivity index (χ0) is 8.97. The van der Waals surface area contributed by atoms with Crippen molar-refractivity contribution in [3.63, 3.8) is 0 Å². The van der Waals surface area contributed by atoms with E-state index in [-0.39, 0.29) is 5.92 Å². The molecule has 0 amide bonds. The minimum atomic E-state index is -0.843. The summed E-state index contributed by atoms with van der Waals surface area (Å²) in [5.74, 6) is -0.636.